The van der Waals surface area contributed by atoms with Gasteiger partial charge in [0, 0.05) is 19.3 Å². The Morgan fingerprint density at radius 1 is 0.389 bits per heavy atom. The van der Waals surface area contributed by atoms with Gasteiger partial charge in [0.25, 0.3) is 0 Å². The lowest BCUT2D eigenvalue weighted by molar-refractivity contribution is -0.167. The molecule has 6 nitrogen and oxygen atoms in total. The second-order valence-electron chi connectivity index (χ2n) is 14.6. The molecule has 0 fully saturated rings. The lowest BCUT2D eigenvalue weighted by Crippen LogP contribution is -2.30. The van der Waals surface area contributed by atoms with Crippen LogP contribution in [0.25, 0.3) is 0 Å². The van der Waals surface area contributed by atoms with Crippen molar-refractivity contribution in [2.45, 2.75) is 213 Å². The number of hydrogen-bond donors (Lipinski definition) is 0. The normalized spacial score (nSPS) is 12.6. The highest BCUT2D eigenvalue weighted by atomic mass is 16.6. The van der Waals surface area contributed by atoms with Crippen LogP contribution in [0.2, 0.25) is 0 Å². The number of rotatable bonds is 39. The predicted molar refractivity (Wildman–Crippen MR) is 228 cm³/mol. The number of unbranched alkanes of at least 4 members (excludes halogenated alkanes) is 18. The van der Waals surface area contributed by atoms with Gasteiger partial charge in [-0.2, -0.15) is 0 Å². The van der Waals surface area contributed by atoms with Gasteiger partial charge in [-0.25, -0.2) is 0 Å². The third-order valence-electron chi connectivity index (χ3n) is 9.24. The van der Waals surface area contributed by atoms with Gasteiger partial charge in [-0.15, -0.1) is 0 Å². The highest BCUT2D eigenvalue weighted by Gasteiger charge is 2.19. The van der Waals surface area contributed by atoms with Gasteiger partial charge in [-0.1, -0.05) is 171 Å². The number of allylic oxidation sites excluding steroid dienone is 10. The Bertz CT molecular complexity index is 1010. The molecular weight excluding hydrogens is 673 g/mol. The molecule has 0 aromatic heterocycles. The van der Waals surface area contributed by atoms with Crippen LogP contribution < -0.4 is 0 Å². The highest BCUT2D eigenvalue weighted by Crippen LogP contribution is 2.13. The van der Waals surface area contributed by atoms with E-state index in [9.17, 15) is 14.4 Å². The Labute approximate surface area is 332 Å². The van der Waals surface area contributed by atoms with Gasteiger partial charge in [0.05, 0.1) is 0 Å². The Morgan fingerprint density at radius 3 is 1.22 bits per heavy atom. The topological polar surface area (TPSA) is 78.9 Å². The van der Waals surface area contributed by atoms with Crippen molar-refractivity contribution < 1.29 is 28.6 Å². The fraction of sp³-hybridized carbons (Fsp3) is 0.729. The third kappa shape index (κ3) is 40.3. The van der Waals surface area contributed by atoms with Crippen molar-refractivity contribution in [2.24, 2.45) is 0 Å². The molecule has 0 aliphatic carbocycles. The Kier molecular flexibility index (Phi) is 40.6. The van der Waals surface area contributed by atoms with Crippen LogP contribution in [0, 0.1) is 0 Å². The van der Waals surface area contributed by atoms with E-state index in [-0.39, 0.29) is 31.1 Å². The minimum absolute atomic E-state index is 0.0888. The first kappa shape index (κ1) is 51.1. The van der Waals surface area contributed by atoms with Gasteiger partial charge in [0.2, 0.25) is 0 Å². The van der Waals surface area contributed by atoms with Crippen molar-refractivity contribution >= 4 is 17.9 Å². The van der Waals surface area contributed by atoms with Crippen molar-refractivity contribution in [2.75, 3.05) is 13.2 Å². The number of hydrogen-bond acceptors (Lipinski definition) is 6. The summed E-state index contributed by atoms with van der Waals surface area (Å²) in [6, 6.07) is 0. The average Bonchev–Trinajstić information content (AvgIpc) is 3.17. The maximum atomic E-state index is 12.7. The second kappa shape index (κ2) is 42.8. The molecule has 310 valence electrons. The van der Waals surface area contributed by atoms with Crippen LogP contribution in [0.15, 0.2) is 60.8 Å². The van der Waals surface area contributed by atoms with Gasteiger partial charge in [-0.3, -0.25) is 14.4 Å². The van der Waals surface area contributed by atoms with Crippen molar-refractivity contribution in [3.63, 3.8) is 0 Å². The van der Waals surface area contributed by atoms with E-state index in [1.54, 1.807) is 0 Å². The van der Waals surface area contributed by atoms with E-state index < -0.39 is 6.10 Å². The van der Waals surface area contributed by atoms with Crippen molar-refractivity contribution in [1.82, 2.24) is 0 Å². The van der Waals surface area contributed by atoms with E-state index in [1.165, 1.54) is 51.4 Å². The van der Waals surface area contributed by atoms with Crippen LogP contribution in [-0.2, 0) is 28.6 Å². The molecule has 0 rings (SSSR count). The van der Waals surface area contributed by atoms with Crippen molar-refractivity contribution in [3.05, 3.63) is 60.8 Å². The van der Waals surface area contributed by atoms with E-state index in [1.807, 2.05) is 0 Å². The summed E-state index contributed by atoms with van der Waals surface area (Å²) in [5, 5.41) is 0. The van der Waals surface area contributed by atoms with Gasteiger partial charge in [0.15, 0.2) is 6.10 Å². The van der Waals surface area contributed by atoms with Crippen molar-refractivity contribution in [1.29, 1.82) is 0 Å². The van der Waals surface area contributed by atoms with Gasteiger partial charge >= 0.3 is 17.9 Å². The number of esters is 3. The standard InChI is InChI=1S/C48H82O6/c1-4-7-10-13-16-19-22-24-26-29-32-35-38-41-47(50)53-44-45(43-52-46(49)40-37-34-31-28-21-18-15-12-9-6-3)54-48(51)42-39-36-33-30-27-25-23-20-17-14-11-8-5-2/h7,10-11,14,16,19-20,23-24,26,45H,4-6,8-9,12-13,15,17-18,21-22,25,27-44H2,1-3H3/b10-7-,14-11-,19-16-,23-20-,26-24-. The molecule has 0 aromatic carbocycles. The van der Waals surface area contributed by atoms with Crippen LogP contribution in [0.4, 0.5) is 0 Å². The average molecular weight is 755 g/mol. The van der Waals surface area contributed by atoms with Gasteiger partial charge < -0.3 is 14.2 Å². The first-order chi connectivity index (χ1) is 26.5. The fourth-order valence-corrected chi connectivity index (χ4v) is 5.90. The molecule has 0 N–H and O–H groups in total. The zero-order valence-corrected chi connectivity index (χ0v) is 35.2. The summed E-state index contributed by atoms with van der Waals surface area (Å²) in [5.74, 6) is -0.940. The van der Waals surface area contributed by atoms with Crippen molar-refractivity contribution in [3.8, 4) is 0 Å². The smallest absolute Gasteiger partial charge is 0.306 e. The minimum Gasteiger partial charge on any atom is -0.462 e. The molecule has 0 aliphatic heterocycles. The highest BCUT2D eigenvalue weighted by molar-refractivity contribution is 5.71. The van der Waals surface area contributed by atoms with E-state index in [0.717, 1.165) is 116 Å². The zero-order chi connectivity index (χ0) is 39.4. The largest absolute Gasteiger partial charge is 0.462 e. The molecule has 1 unspecified atom stereocenters. The van der Waals surface area contributed by atoms with E-state index in [2.05, 4.69) is 81.5 Å². The molecule has 0 saturated carbocycles. The predicted octanol–water partition coefficient (Wildman–Crippen LogP) is 14.1. The summed E-state index contributed by atoms with van der Waals surface area (Å²) in [4.78, 5) is 37.7. The maximum absolute atomic E-state index is 12.7. The molecule has 6 heteroatoms. The molecule has 0 radical (unpaired) electrons. The van der Waals surface area contributed by atoms with Crippen LogP contribution >= 0.6 is 0 Å². The summed E-state index contributed by atoms with van der Waals surface area (Å²) in [5.41, 5.74) is 0. The molecule has 0 spiro atoms. The molecule has 0 amide bonds. The number of ether oxygens (including phenoxy) is 3. The van der Waals surface area contributed by atoms with Crippen LogP contribution in [0.3, 0.4) is 0 Å². The summed E-state index contributed by atoms with van der Waals surface area (Å²) in [7, 11) is 0. The molecule has 0 saturated heterocycles. The summed E-state index contributed by atoms with van der Waals surface area (Å²) in [6.07, 6.45) is 50.6. The Balaban J connectivity index is 4.45. The van der Waals surface area contributed by atoms with Gasteiger partial charge in [0.1, 0.15) is 13.2 Å². The monoisotopic (exact) mass is 755 g/mol. The zero-order valence-electron chi connectivity index (χ0n) is 35.2. The SMILES string of the molecule is CC/C=C\C/C=C\C/C=C\CCCCCC(=O)OCC(COC(=O)CCCCCCCCCCCC)OC(=O)CCCCCCC/C=C\C/C=C\CCC. The third-order valence-corrected chi connectivity index (χ3v) is 9.24. The first-order valence-electron chi connectivity index (χ1n) is 22.3. The molecule has 0 heterocycles. The molecule has 0 bridgehead atoms. The molecule has 1 atom stereocenters. The maximum Gasteiger partial charge on any atom is 0.306 e. The summed E-state index contributed by atoms with van der Waals surface area (Å²) in [6.45, 7) is 6.39. The second-order valence-corrected chi connectivity index (χ2v) is 14.6. The first-order valence-corrected chi connectivity index (χ1v) is 22.3. The summed E-state index contributed by atoms with van der Waals surface area (Å²) >= 11 is 0. The number of carbonyl (C=O) groups is 3. The van der Waals surface area contributed by atoms with Crippen LogP contribution in [0.5, 0.6) is 0 Å². The number of carbonyl (C=O) groups excluding carboxylic acids is 3. The Hall–Kier alpha value is -2.89. The molecule has 0 aliphatic rings. The molecular formula is C48H82O6. The lowest BCUT2D eigenvalue weighted by Gasteiger charge is -2.18. The lowest BCUT2D eigenvalue weighted by atomic mass is 10.1. The Morgan fingerprint density at radius 2 is 0.759 bits per heavy atom. The van der Waals surface area contributed by atoms with Crippen LogP contribution in [-0.4, -0.2) is 37.2 Å². The fourth-order valence-electron chi connectivity index (χ4n) is 5.90. The van der Waals surface area contributed by atoms with E-state index >= 15 is 0 Å². The molecule has 54 heavy (non-hydrogen) atoms. The van der Waals surface area contributed by atoms with E-state index in [4.69, 9.17) is 14.2 Å². The van der Waals surface area contributed by atoms with E-state index in [0.29, 0.717) is 19.3 Å². The van der Waals surface area contributed by atoms with Gasteiger partial charge in [-0.05, 0) is 77.0 Å². The quantitative estimate of drug-likeness (QED) is 0.0269. The van der Waals surface area contributed by atoms with Crippen LogP contribution in [0.1, 0.15) is 207 Å². The summed E-state index contributed by atoms with van der Waals surface area (Å²) < 4.78 is 16.6. The molecule has 0 aromatic rings. The minimum atomic E-state index is -0.788.